The highest BCUT2D eigenvalue weighted by molar-refractivity contribution is 5.84. The first-order chi connectivity index (χ1) is 11.1. The number of likely N-dealkylation sites (tertiary alicyclic amines) is 1. The predicted octanol–water partition coefficient (Wildman–Crippen LogP) is 2.31. The van der Waals surface area contributed by atoms with Crippen molar-refractivity contribution < 1.29 is 9.59 Å². The molecule has 1 fully saturated rings. The summed E-state index contributed by atoms with van der Waals surface area (Å²) in [6.45, 7) is 6.12. The summed E-state index contributed by atoms with van der Waals surface area (Å²) in [7, 11) is 0. The zero-order valence-electron chi connectivity index (χ0n) is 14.1. The standard InChI is InChI=1S/C17H26N4O2/c1-3-6-15-13-21(19-18-15)12-14-7-5-10-20(11-14)17(23)9-8-16(22)4-2/h3,6,13-14H,4-5,7-12H2,1-2H3/b6-3+. The fourth-order valence-electron chi connectivity index (χ4n) is 2.94. The Kier molecular flexibility index (Phi) is 6.50. The van der Waals surface area contributed by atoms with Gasteiger partial charge in [-0.3, -0.25) is 14.3 Å². The Morgan fingerprint density at radius 1 is 1.39 bits per heavy atom. The predicted molar refractivity (Wildman–Crippen MR) is 88.6 cm³/mol. The van der Waals surface area contributed by atoms with Gasteiger partial charge in [0.2, 0.25) is 5.91 Å². The molecule has 1 aromatic rings. The number of piperidine rings is 1. The summed E-state index contributed by atoms with van der Waals surface area (Å²) in [5.41, 5.74) is 0.856. The first-order valence-corrected chi connectivity index (χ1v) is 8.44. The maximum absolute atomic E-state index is 12.2. The second-order valence-corrected chi connectivity index (χ2v) is 6.11. The second-order valence-electron chi connectivity index (χ2n) is 6.11. The van der Waals surface area contributed by atoms with Crippen LogP contribution >= 0.6 is 0 Å². The molecule has 0 N–H and O–H groups in total. The molecule has 2 rings (SSSR count). The van der Waals surface area contributed by atoms with E-state index >= 15 is 0 Å². The van der Waals surface area contributed by atoms with Crippen molar-refractivity contribution in [2.45, 2.75) is 52.5 Å². The number of hydrogen-bond donors (Lipinski definition) is 0. The van der Waals surface area contributed by atoms with Crippen molar-refractivity contribution in [3.63, 3.8) is 0 Å². The number of carbonyl (C=O) groups is 2. The molecule has 1 amide bonds. The van der Waals surface area contributed by atoms with Crippen molar-refractivity contribution in [1.29, 1.82) is 0 Å². The van der Waals surface area contributed by atoms with Crippen LogP contribution in [-0.4, -0.2) is 44.7 Å². The number of allylic oxidation sites excluding steroid dienone is 1. The number of hydrogen-bond acceptors (Lipinski definition) is 4. The van der Waals surface area contributed by atoms with Crippen molar-refractivity contribution in [1.82, 2.24) is 19.9 Å². The average Bonchev–Trinajstić information content (AvgIpc) is 3.00. The second kappa shape index (κ2) is 8.60. The van der Waals surface area contributed by atoms with E-state index in [1.54, 1.807) is 0 Å². The fourth-order valence-corrected chi connectivity index (χ4v) is 2.94. The van der Waals surface area contributed by atoms with E-state index < -0.39 is 0 Å². The third kappa shape index (κ3) is 5.30. The van der Waals surface area contributed by atoms with E-state index in [1.807, 2.05) is 41.8 Å². The van der Waals surface area contributed by atoms with E-state index in [4.69, 9.17) is 0 Å². The molecule has 1 saturated heterocycles. The highest BCUT2D eigenvalue weighted by Gasteiger charge is 2.24. The minimum atomic E-state index is 0.102. The van der Waals surface area contributed by atoms with Gasteiger partial charge in [0.1, 0.15) is 11.5 Å². The number of ketones is 1. The molecule has 0 aromatic carbocycles. The molecule has 0 aliphatic carbocycles. The number of Topliss-reactive ketones (excluding diaryl/α,β-unsaturated/α-hetero) is 1. The number of carbonyl (C=O) groups excluding carboxylic acids is 2. The molecule has 6 nitrogen and oxygen atoms in total. The Balaban J connectivity index is 1.84. The lowest BCUT2D eigenvalue weighted by Crippen LogP contribution is -2.41. The van der Waals surface area contributed by atoms with E-state index in [0.717, 1.165) is 38.2 Å². The first-order valence-electron chi connectivity index (χ1n) is 8.44. The monoisotopic (exact) mass is 318 g/mol. The van der Waals surface area contributed by atoms with Crippen molar-refractivity contribution in [3.05, 3.63) is 18.0 Å². The summed E-state index contributed by atoms with van der Waals surface area (Å²) >= 11 is 0. The third-order valence-electron chi connectivity index (χ3n) is 4.22. The average molecular weight is 318 g/mol. The molecule has 2 heterocycles. The van der Waals surface area contributed by atoms with Gasteiger partial charge in [-0.05, 0) is 31.8 Å². The summed E-state index contributed by atoms with van der Waals surface area (Å²) in [4.78, 5) is 25.5. The van der Waals surface area contributed by atoms with Gasteiger partial charge in [-0.15, -0.1) is 5.10 Å². The van der Waals surface area contributed by atoms with Crippen LogP contribution in [-0.2, 0) is 16.1 Å². The fraction of sp³-hybridized carbons (Fsp3) is 0.647. The largest absolute Gasteiger partial charge is 0.342 e. The number of aromatic nitrogens is 3. The van der Waals surface area contributed by atoms with Crippen molar-refractivity contribution in [2.75, 3.05) is 13.1 Å². The summed E-state index contributed by atoms with van der Waals surface area (Å²) in [6.07, 6.45) is 9.11. The van der Waals surface area contributed by atoms with Crippen LogP contribution in [0.4, 0.5) is 0 Å². The molecule has 1 atom stereocenters. The number of rotatable bonds is 7. The third-order valence-corrected chi connectivity index (χ3v) is 4.22. The molecule has 0 spiro atoms. The van der Waals surface area contributed by atoms with Crippen LogP contribution in [0.5, 0.6) is 0 Å². The Hall–Kier alpha value is -1.98. The van der Waals surface area contributed by atoms with Crippen molar-refractivity contribution >= 4 is 17.8 Å². The van der Waals surface area contributed by atoms with E-state index in [-0.39, 0.29) is 11.7 Å². The molecule has 1 aromatic heterocycles. The smallest absolute Gasteiger partial charge is 0.223 e. The minimum absolute atomic E-state index is 0.102. The Labute approximate surface area is 137 Å². The maximum Gasteiger partial charge on any atom is 0.223 e. The summed E-state index contributed by atoms with van der Waals surface area (Å²) in [6, 6.07) is 0. The maximum atomic E-state index is 12.2. The van der Waals surface area contributed by atoms with E-state index in [0.29, 0.717) is 25.2 Å². The first kappa shape index (κ1) is 17.4. The van der Waals surface area contributed by atoms with Crippen LogP contribution in [0.15, 0.2) is 12.3 Å². The topological polar surface area (TPSA) is 68.1 Å². The Bertz CT molecular complexity index is 565. The molecule has 0 radical (unpaired) electrons. The van der Waals surface area contributed by atoms with Crippen LogP contribution < -0.4 is 0 Å². The van der Waals surface area contributed by atoms with Gasteiger partial charge in [-0.2, -0.15) is 0 Å². The van der Waals surface area contributed by atoms with E-state index in [2.05, 4.69) is 10.3 Å². The summed E-state index contributed by atoms with van der Waals surface area (Å²) in [5, 5.41) is 8.23. The number of nitrogens with zero attached hydrogens (tertiary/aromatic N) is 4. The van der Waals surface area contributed by atoms with Crippen LogP contribution in [0.2, 0.25) is 0 Å². The van der Waals surface area contributed by atoms with E-state index in [9.17, 15) is 9.59 Å². The highest BCUT2D eigenvalue weighted by Crippen LogP contribution is 2.19. The van der Waals surface area contributed by atoms with Gasteiger partial charge in [0, 0.05) is 38.9 Å². The van der Waals surface area contributed by atoms with Gasteiger partial charge < -0.3 is 4.90 Å². The van der Waals surface area contributed by atoms with Crippen molar-refractivity contribution in [3.8, 4) is 0 Å². The van der Waals surface area contributed by atoms with Crippen LogP contribution in [0.25, 0.3) is 6.08 Å². The minimum Gasteiger partial charge on any atom is -0.342 e. The molecule has 126 valence electrons. The summed E-state index contributed by atoms with van der Waals surface area (Å²) in [5.74, 6) is 0.658. The molecule has 1 aliphatic heterocycles. The molecule has 1 aliphatic rings. The molecular weight excluding hydrogens is 292 g/mol. The molecule has 23 heavy (non-hydrogen) atoms. The van der Waals surface area contributed by atoms with Gasteiger partial charge in [0.05, 0.1) is 6.20 Å². The molecule has 1 unspecified atom stereocenters. The lowest BCUT2D eigenvalue weighted by Gasteiger charge is -2.32. The quantitative estimate of drug-likeness (QED) is 0.773. The van der Waals surface area contributed by atoms with Crippen LogP contribution in [0.1, 0.15) is 51.6 Å². The van der Waals surface area contributed by atoms with Gasteiger partial charge in [-0.1, -0.05) is 18.2 Å². The summed E-state index contributed by atoms with van der Waals surface area (Å²) < 4.78 is 1.86. The number of amides is 1. The lowest BCUT2D eigenvalue weighted by molar-refractivity contribution is -0.134. The zero-order valence-corrected chi connectivity index (χ0v) is 14.1. The van der Waals surface area contributed by atoms with Gasteiger partial charge >= 0.3 is 0 Å². The van der Waals surface area contributed by atoms with Gasteiger partial charge in [0.15, 0.2) is 0 Å². The normalized spacial score (nSPS) is 18.5. The van der Waals surface area contributed by atoms with Crippen LogP contribution in [0.3, 0.4) is 0 Å². The lowest BCUT2D eigenvalue weighted by atomic mass is 9.97. The SMILES string of the molecule is C/C=C/c1cn(CC2CCCN(C(=O)CCC(=O)CC)C2)nn1. The molecular formula is C17H26N4O2. The van der Waals surface area contributed by atoms with Crippen molar-refractivity contribution in [2.24, 2.45) is 5.92 Å². The highest BCUT2D eigenvalue weighted by atomic mass is 16.2. The zero-order chi connectivity index (χ0) is 16.7. The van der Waals surface area contributed by atoms with Crippen LogP contribution in [0, 0.1) is 5.92 Å². The Morgan fingerprint density at radius 2 is 2.22 bits per heavy atom. The van der Waals surface area contributed by atoms with E-state index in [1.165, 1.54) is 0 Å². The molecule has 0 bridgehead atoms. The van der Waals surface area contributed by atoms with Gasteiger partial charge in [-0.25, -0.2) is 0 Å². The molecule has 6 heteroatoms. The van der Waals surface area contributed by atoms with Gasteiger partial charge in [0.25, 0.3) is 0 Å². The Morgan fingerprint density at radius 3 is 2.96 bits per heavy atom. The molecule has 0 saturated carbocycles.